The van der Waals surface area contributed by atoms with Crippen molar-refractivity contribution in [2.75, 3.05) is 52.2 Å². The Morgan fingerprint density at radius 1 is 1.29 bits per heavy atom. The fourth-order valence-electron chi connectivity index (χ4n) is 2.78. The van der Waals surface area contributed by atoms with Crippen molar-refractivity contribution in [3.8, 4) is 5.75 Å². The van der Waals surface area contributed by atoms with Gasteiger partial charge in [-0.3, -0.25) is 9.69 Å². The molecule has 6 nitrogen and oxygen atoms in total. The Morgan fingerprint density at radius 2 is 2.00 bits per heavy atom. The monoisotopic (exact) mass is 291 g/mol. The minimum atomic E-state index is 0.0105. The van der Waals surface area contributed by atoms with Gasteiger partial charge >= 0.3 is 0 Å². The van der Waals surface area contributed by atoms with Crippen molar-refractivity contribution in [2.45, 2.75) is 6.04 Å². The van der Waals surface area contributed by atoms with Crippen LogP contribution in [0.1, 0.15) is 10.4 Å². The Labute approximate surface area is 124 Å². The van der Waals surface area contributed by atoms with Crippen molar-refractivity contribution in [1.82, 2.24) is 9.80 Å². The number of nitrogens with two attached hydrogens (primary N) is 1. The molecule has 3 rings (SSSR count). The minimum Gasteiger partial charge on any atom is -0.496 e. The Bertz CT molecular complexity index is 523. The zero-order valence-electron chi connectivity index (χ0n) is 12.2. The van der Waals surface area contributed by atoms with Crippen LogP contribution in [-0.4, -0.2) is 68.3 Å². The molecule has 0 bridgehead atoms. The molecular formula is C15H21N3O3. The van der Waals surface area contributed by atoms with Crippen molar-refractivity contribution in [3.05, 3.63) is 23.8 Å². The van der Waals surface area contributed by atoms with Gasteiger partial charge in [-0.15, -0.1) is 0 Å². The van der Waals surface area contributed by atoms with Gasteiger partial charge in [0, 0.05) is 37.9 Å². The molecule has 0 aliphatic carbocycles. The van der Waals surface area contributed by atoms with Crippen LogP contribution in [0.3, 0.4) is 0 Å². The lowest BCUT2D eigenvalue weighted by Gasteiger charge is -2.42. The van der Waals surface area contributed by atoms with Crippen LogP contribution in [0.2, 0.25) is 0 Å². The predicted octanol–water partition coefficient (Wildman–Crippen LogP) is 0.434. The number of piperazine rings is 1. The van der Waals surface area contributed by atoms with E-state index in [2.05, 4.69) is 4.90 Å². The summed E-state index contributed by atoms with van der Waals surface area (Å²) in [6.07, 6.45) is 0. The van der Waals surface area contributed by atoms with E-state index in [1.54, 1.807) is 25.3 Å². The highest BCUT2D eigenvalue weighted by Crippen LogP contribution is 2.24. The summed E-state index contributed by atoms with van der Waals surface area (Å²) >= 11 is 0. The molecule has 2 fully saturated rings. The number of benzene rings is 1. The molecule has 114 valence electrons. The molecule has 0 unspecified atom stereocenters. The van der Waals surface area contributed by atoms with Crippen LogP contribution in [0.4, 0.5) is 5.69 Å². The molecule has 6 heteroatoms. The van der Waals surface area contributed by atoms with Crippen molar-refractivity contribution in [3.63, 3.8) is 0 Å². The van der Waals surface area contributed by atoms with Crippen LogP contribution < -0.4 is 10.5 Å². The summed E-state index contributed by atoms with van der Waals surface area (Å²) in [6, 6.07) is 5.70. The number of nitrogen functional groups attached to an aromatic ring is 1. The molecule has 2 aliphatic rings. The molecular weight excluding hydrogens is 270 g/mol. The van der Waals surface area contributed by atoms with Crippen LogP contribution >= 0.6 is 0 Å². The number of ether oxygens (including phenoxy) is 2. The topological polar surface area (TPSA) is 68.0 Å². The Hall–Kier alpha value is -1.79. The highest BCUT2D eigenvalue weighted by molar-refractivity contribution is 5.97. The number of anilines is 1. The molecule has 2 aliphatic heterocycles. The number of hydrogen-bond donors (Lipinski definition) is 1. The molecule has 0 saturated carbocycles. The average molecular weight is 291 g/mol. The fraction of sp³-hybridized carbons (Fsp3) is 0.533. The largest absolute Gasteiger partial charge is 0.496 e. The minimum absolute atomic E-state index is 0.0105. The summed E-state index contributed by atoms with van der Waals surface area (Å²) in [6.45, 7) is 4.92. The van der Waals surface area contributed by atoms with E-state index in [1.165, 1.54) is 0 Å². The van der Waals surface area contributed by atoms with Crippen molar-refractivity contribution >= 4 is 11.6 Å². The second-order valence-corrected chi connectivity index (χ2v) is 5.48. The molecule has 1 aromatic carbocycles. The third-order valence-corrected chi connectivity index (χ3v) is 4.19. The van der Waals surface area contributed by atoms with E-state index < -0.39 is 0 Å². The van der Waals surface area contributed by atoms with Gasteiger partial charge in [0.2, 0.25) is 0 Å². The highest BCUT2D eigenvalue weighted by atomic mass is 16.5. The fourth-order valence-corrected chi connectivity index (χ4v) is 2.78. The molecule has 0 aromatic heterocycles. The molecule has 0 radical (unpaired) electrons. The number of amides is 1. The van der Waals surface area contributed by atoms with Gasteiger partial charge in [-0.25, -0.2) is 0 Å². The lowest BCUT2D eigenvalue weighted by atomic mass is 10.1. The normalized spacial score (nSPS) is 20.1. The average Bonchev–Trinajstić information content (AvgIpc) is 2.45. The molecule has 0 spiro atoms. The van der Waals surface area contributed by atoms with Crippen molar-refractivity contribution in [1.29, 1.82) is 0 Å². The molecule has 0 atom stereocenters. The number of methoxy groups -OCH3 is 1. The van der Waals surface area contributed by atoms with E-state index in [0.29, 0.717) is 23.0 Å². The quantitative estimate of drug-likeness (QED) is 0.818. The maximum Gasteiger partial charge on any atom is 0.257 e. The van der Waals surface area contributed by atoms with Crippen LogP contribution in [0, 0.1) is 0 Å². The van der Waals surface area contributed by atoms with Gasteiger partial charge < -0.3 is 20.1 Å². The van der Waals surface area contributed by atoms with Gasteiger partial charge in [0.25, 0.3) is 5.91 Å². The summed E-state index contributed by atoms with van der Waals surface area (Å²) in [5, 5.41) is 0. The molecule has 1 aromatic rings. The van der Waals surface area contributed by atoms with E-state index in [9.17, 15) is 4.79 Å². The second-order valence-electron chi connectivity index (χ2n) is 5.48. The smallest absolute Gasteiger partial charge is 0.257 e. The lowest BCUT2D eigenvalue weighted by molar-refractivity contribution is -0.0746. The van der Waals surface area contributed by atoms with Crippen molar-refractivity contribution in [2.24, 2.45) is 0 Å². The molecule has 21 heavy (non-hydrogen) atoms. The summed E-state index contributed by atoms with van der Waals surface area (Å²) in [7, 11) is 1.56. The first-order chi connectivity index (χ1) is 10.2. The van der Waals surface area contributed by atoms with Crippen LogP contribution in [-0.2, 0) is 4.74 Å². The van der Waals surface area contributed by atoms with Gasteiger partial charge in [-0.1, -0.05) is 0 Å². The van der Waals surface area contributed by atoms with Gasteiger partial charge in [0.15, 0.2) is 0 Å². The van der Waals surface area contributed by atoms with Crippen LogP contribution in [0.15, 0.2) is 18.2 Å². The number of nitrogens with zero attached hydrogens (tertiary/aromatic N) is 2. The highest BCUT2D eigenvalue weighted by Gasteiger charge is 2.31. The Morgan fingerprint density at radius 3 is 2.57 bits per heavy atom. The van der Waals surface area contributed by atoms with E-state index in [-0.39, 0.29) is 5.91 Å². The zero-order valence-corrected chi connectivity index (χ0v) is 12.2. The molecule has 2 heterocycles. The lowest BCUT2D eigenvalue weighted by Crippen LogP contribution is -2.57. The Balaban J connectivity index is 1.66. The van der Waals surface area contributed by atoms with E-state index >= 15 is 0 Å². The van der Waals surface area contributed by atoms with E-state index in [0.717, 1.165) is 39.4 Å². The maximum atomic E-state index is 12.6. The first-order valence-electron chi connectivity index (χ1n) is 7.23. The number of hydrogen-bond acceptors (Lipinski definition) is 5. The van der Waals surface area contributed by atoms with Gasteiger partial charge in [0.1, 0.15) is 5.75 Å². The van der Waals surface area contributed by atoms with Gasteiger partial charge in [-0.05, 0) is 12.1 Å². The van der Waals surface area contributed by atoms with Crippen LogP contribution in [0.25, 0.3) is 0 Å². The Kier molecular flexibility index (Phi) is 3.98. The molecule has 2 saturated heterocycles. The standard InChI is InChI=1S/C15H21N3O3/c1-20-14-8-11(16)2-3-13(14)15(19)18-6-4-17(5-7-18)12-9-21-10-12/h2-3,8,12H,4-7,9-10,16H2,1H3. The van der Waals surface area contributed by atoms with Crippen LogP contribution in [0.5, 0.6) is 5.75 Å². The summed E-state index contributed by atoms with van der Waals surface area (Å²) in [5.74, 6) is 0.547. The third kappa shape index (κ3) is 2.82. The number of carbonyl (C=O) groups excluding carboxylic acids is 1. The summed E-state index contributed by atoms with van der Waals surface area (Å²) < 4.78 is 10.5. The van der Waals surface area contributed by atoms with Gasteiger partial charge in [0.05, 0.1) is 31.9 Å². The predicted molar refractivity (Wildman–Crippen MR) is 79.5 cm³/mol. The zero-order chi connectivity index (χ0) is 14.8. The van der Waals surface area contributed by atoms with E-state index in [1.807, 2.05) is 4.90 Å². The first-order valence-corrected chi connectivity index (χ1v) is 7.23. The summed E-state index contributed by atoms with van der Waals surface area (Å²) in [5.41, 5.74) is 6.90. The van der Waals surface area contributed by atoms with Gasteiger partial charge in [-0.2, -0.15) is 0 Å². The maximum absolute atomic E-state index is 12.6. The first kappa shape index (κ1) is 14.2. The summed E-state index contributed by atoms with van der Waals surface area (Å²) in [4.78, 5) is 16.9. The molecule has 2 N–H and O–H groups in total. The SMILES string of the molecule is COc1cc(N)ccc1C(=O)N1CCN(C2COC2)CC1. The second kappa shape index (κ2) is 5.91. The molecule has 1 amide bonds. The third-order valence-electron chi connectivity index (χ3n) is 4.19. The van der Waals surface area contributed by atoms with E-state index in [4.69, 9.17) is 15.2 Å². The van der Waals surface area contributed by atoms with Crippen molar-refractivity contribution < 1.29 is 14.3 Å². The number of rotatable bonds is 3. The number of carbonyl (C=O) groups is 1.